The normalized spacial score (nSPS) is 14.0. The van der Waals surface area contributed by atoms with Crippen LogP contribution < -0.4 is 5.32 Å². The molecular weight excluding hydrogens is 282 g/mol. The smallest absolute Gasteiger partial charge is 0.261 e. The van der Waals surface area contributed by atoms with Crippen molar-refractivity contribution in [2.24, 2.45) is 0 Å². The second-order valence-electron chi connectivity index (χ2n) is 5.77. The molecule has 6 heteroatoms. The molecule has 1 N–H and O–H groups in total. The van der Waals surface area contributed by atoms with Gasteiger partial charge in [0, 0.05) is 19.1 Å². The molecule has 0 bridgehead atoms. The summed E-state index contributed by atoms with van der Waals surface area (Å²) in [7, 11) is 1.79. The van der Waals surface area contributed by atoms with Crippen LogP contribution in [0, 0.1) is 0 Å². The summed E-state index contributed by atoms with van der Waals surface area (Å²) >= 11 is 0. The molecule has 2 rings (SSSR count). The number of carbonyl (C=O) groups excluding carboxylic acids is 3. The minimum atomic E-state index is -0.263. The average molecular weight is 303 g/mol. The Morgan fingerprint density at radius 1 is 1.18 bits per heavy atom. The van der Waals surface area contributed by atoms with Gasteiger partial charge in [-0.2, -0.15) is 0 Å². The summed E-state index contributed by atoms with van der Waals surface area (Å²) in [6.07, 6.45) is 0. The summed E-state index contributed by atoms with van der Waals surface area (Å²) in [5.41, 5.74) is 0.903. The molecule has 0 unspecified atom stereocenters. The van der Waals surface area contributed by atoms with E-state index in [-0.39, 0.29) is 36.9 Å². The van der Waals surface area contributed by atoms with Gasteiger partial charge in [0.1, 0.15) is 0 Å². The van der Waals surface area contributed by atoms with Crippen LogP contribution in [0.5, 0.6) is 0 Å². The highest BCUT2D eigenvalue weighted by Gasteiger charge is 2.34. The van der Waals surface area contributed by atoms with Crippen LogP contribution in [0.1, 0.15) is 34.6 Å². The van der Waals surface area contributed by atoms with Crippen molar-refractivity contribution in [3.63, 3.8) is 0 Å². The van der Waals surface area contributed by atoms with Crippen molar-refractivity contribution in [3.05, 3.63) is 35.4 Å². The van der Waals surface area contributed by atoms with E-state index < -0.39 is 0 Å². The summed E-state index contributed by atoms with van der Waals surface area (Å²) in [5, 5.41) is 2.81. The number of rotatable bonds is 6. The van der Waals surface area contributed by atoms with Gasteiger partial charge in [-0.05, 0) is 33.0 Å². The Morgan fingerprint density at radius 3 is 2.23 bits per heavy atom. The molecule has 0 atom stereocenters. The predicted octanol–water partition coefficient (Wildman–Crippen LogP) is 0.739. The van der Waals surface area contributed by atoms with E-state index in [4.69, 9.17) is 0 Å². The third-order valence-electron chi connectivity index (χ3n) is 3.45. The molecule has 0 fully saturated rings. The number of nitrogens with zero attached hydrogens (tertiary/aromatic N) is 2. The number of benzene rings is 1. The van der Waals surface area contributed by atoms with Gasteiger partial charge in [0.15, 0.2) is 0 Å². The first-order valence-electron chi connectivity index (χ1n) is 7.33. The molecule has 0 spiro atoms. The highest BCUT2D eigenvalue weighted by Crippen LogP contribution is 2.21. The number of fused-ring (bicyclic) bond motifs is 1. The molecule has 1 aromatic carbocycles. The number of nitrogens with one attached hydrogen (secondary N) is 1. The van der Waals surface area contributed by atoms with E-state index in [1.54, 1.807) is 36.2 Å². The summed E-state index contributed by atoms with van der Waals surface area (Å²) < 4.78 is 0. The van der Waals surface area contributed by atoms with E-state index in [0.29, 0.717) is 17.7 Å². The maximum Gasteiger partial charge on any atom is 0.261 e. The lowest BCUT2D eigenvalue weighted by atomic mass is 10.1. The van der Waals surface area contributed by atoms with Crippen molar-refractivity contribution < 1.29 is 14.4 Å². The van der Waals surface area contributed by atoms with E-state index in [1.807, 2.05) is 13.8 Å². The van der Waals surface area contributed by atoms with E-state index >= 15 is 0 Å². The number of carbonyl (C=O) groups is 3. The number of imide groups is 1. The summed E-state index contributed by atoms with van der Waals surface area (Å²) in [6, 6.07) is 6.91. The summed E-state index contributed by atoms with van der Waals surface area (Å²) in [4.78, 5) is 39.1. The molecule has 0 aliphatic carbocycles. The first kappa shape index (κ1) is 16.2. The third kappa shape index (κ3) is 3.51. The fourth-order valence-electron chi connectivity index (χ4n) is 2.40. The van der Waals surface area contributed by atoms with Crippen LogP contribution in [0.25, 0.3) is 0 Å². The van der Waals surface area contributed by atoms with Crippen LogP contribution in [0.2, 0.25) is 0 Å². The highest BCUT2D eigenvalue weighted by molar-refractivity contribution is 6.21. The number of amides is 3. The van der Waals surface area contributed by atoms with Gasteiger partial charge in [-0.3, -0.25) is 24.2 Å². The van der Waals surface area contributed by atoms with E-state index in [1.165, 1.54) is 4.90 Å². The van der Waals surface area contributed by atoms with Crippen molar-refractivity contribution in [3.8, 4) is 0 Å². The molecule has 1 aliphatic rings. The largest absolute Gasteiger partial charge is 0.353 e. The maximum atomic E-state index is 12.2. The Balaban J connectivity index is 1.89. The fourth-order valence-corrected chi connectivity index (χ4v) is 2.40. The number of likely N-dealkylation sites (N-methyl/N-ethyl adjacent to an activating group) is 1. The monoisotopic (exact) mass is 303 g/mol. The molecule has 6 nitrogen and oxygen atoms in total. The summed E-state index contributed by atoms with van der Waals surface area (Å²) in [5.74, 6) is -0.596. The van der Waals surface area contributed by atoms with Gasteiger partial charge < -0.3 is 5.32 Å². The van der Waals surface area contributed by atoms with Crippen molar-refractivity contribution in [2.45, 2.75) is 19.9 Å². The first-order chi connectivity index (χ1) is 10.4. The average Bonchev–Trinajstić information content (AvgIpc) is 2.68. The van der Waals surface area contributed by atoms with Crippen LogP contribution >= 0.6 is 0 Å². The molecule has 1 aromatic rings. The van der Waals surface area contributed by atoms with Crippen LogP contribution in [0.4, 0.5) is 0 Å². The van der Waals surface area contributed by atoms with E-state index in [0.717, 1.165) is 0 Å². The highest BCUT2D eigenvalue weighted by atomic mass is 16.2. The molecule has 0 radical (unpaired) electrons. The predicted molar refractivity (Wildman–Crippen MR) is 82.6 cm³/mol. The van der Waals surface area contributed by atoms with Crippen molar-refractivity contribution >= 4 is 17.7 Å². The second-order valence-corrected chi connectivity index (χ2v) is 5.77. The molecule has 1 aliphatic heterocycles. The van der Waals surface area contributed by atoms with Gasteiger partial charge in [0.05, 0.1) is 17.7 Å². The fraction of sp³-hybridized carbons (Fsp3) is 0.438. The lowest BCUT2D eigenvalue weighted by Crippen LogP contribution is -2.42. The molecule has 3 amide bonds. The van der Waals surface area contributed by atoms with Crippen LogP contribution in [-0.2, 0) is 4.79 Å². The molecular formula is C16H21N3O3. The minimum Gasteiger partial charge on any atom is -0.353 e. The lowest BCUT2D eigenvalue weighted by Gasteiger charge is -2.20. The second kappa shape index (κ2) is 6.70. The molecule has 1 heterocycles. The Bertz CT molecular complexity index is 563. The molecule has 22 heavy (non-hydrogen) atoms. The molecule has 118 valence electrons. The standard InChI is InChI=1S/C16H21N3O3/c1-11(2)17-14(20)10-18(3)8-9-19-15(21)12-6-4-5-7-13(12)16(19)22/h4-7,11H,8-10H2,1-3H3,(H,17,20). The third-order valence-corrected chi connectivity index (χ3v) is 3.45. The molecule has 0 aromatic heterocycles. The Hall–Kier alpha value is -2.21. The lowest BCUT2D eigenvalue weighted by molar-refractivity contribution is -0.122. The zero-order valence-electron chi connectivity index (χ0n) is 13.1. The quantitative estimate of drug-likeness (QED) is 0.787. The van der Waals surface area contributed by atoms with Crippen molar-refractivity contribution in [1.82, 2.24) is 15.1 Å². The van der Waals surface area contributed by atoms with Crippen molar-refractivity contribution in [2.75, 3.05) is 26.7 Å². The maximum absolute atomic E-state index is 12.2. The van der Waals surface area contributed by atoms with E-state index in [2.05, 4.69) is 5.32 Å². The Labute approximate surface area is 130 Å². The van der Waals surface area contributed by atoms with Gasteiger partial charge in [0.2, 0.25) is 5.91 Å². The van der Waals surface area contributed by atoms with Crippen LogP contribution in [-0.4, -0.2) is 60.2 Å². The van der Waals surface area contributed by atoms with Crippen LogP contribution in [0.3, 0.4) is 0 Å². The SMILES string of the molecule is CC(C)NC(=O)CN(C)CCN1C(=O)c2ccccc2C1=O. The van der Waals surface area contributed by atoms with Crippen molar-refractivity contribution in [1.29, 1.82) is 0 Å². The molecule has 0 saturated carbocycles. The zero-order chi connectivity index (χ0) is 16.3. The summed E-state index contributed by atoms with van der Waals surface area (Å²) in [6.45, 7) is 4.77. The first-order valence-corrected chi connectivity index (χ1v) is 7.33. The zero-order valence-corrected chi connectivity index (χ0v) is 13.1. The molecule has 0 saturated heterocycles. The Morgan fingerprint density at radius 2 is 1.73 bits per heavy atom. The van der Waals surface area contributed by atoms with Crippen LogP contribution in [0.15, 0.2) is 24.3 Å². The van der Waals surface area contributed by atoms with E-state index in [9.17, 15) is 14.4 Å². The minimum absolute atomic E-state index is 0.0696. The van der Waals surface area contributed by atoms with Gasteiger partial charge in [0.25, 0.3) is 11.8 Å². The number of hydrogen-bond acceptors (Lipinski definition) is 4. The van der Waals surface area contributed by atoms with Gasteiger partial charge in [-0.25, -0.2) is 0 Å². The van der Waals surface area contributed by atoms with Gasteiger partial charge in [-0.1, -0.05) is 12.1 Å². The topological polar surface area (TPSA) is 69.7 Å². The van der Waals surface area contributed by atoms with Gasteiger partial charge in [-0.15, -0.1) is 0 Å². The number of hydrogen-bond donors (Lipinski definition) is 1. The Kier molecular flexibility index (Phi) is 4.92. The van der Waals surface area contributed by atoms with Gasteiger partial charge >= 0.3 is 0 Å².